The van der Waals surface area contributed by atoms with Crippen molar-refractivity contribution in [1.29, 1.82) is 0 Å². The van der Waals surface area contributed by atoms with Crippen LogP contribution >= 0.6 is 0 Å². The van der Waals surface area contributed by atoms with Crippen LogP contribution in [-0.4, -0.2) is 56.5 Å². The zero-order valence-corrected chi connectivity index (χ0v) is 10.0. The third-order valence-corrected chi connectivity index (χ3v) is 2.15. The molecular weight excluding hydrogens is 178 g/mol. The van der Waals surface area contributed by atoms with Gasteiger partial charge in [-0.05, 0) is 19.0 Å². The molecule has 1 amide bonds. The van der Waals surface area contributed by atoms with E-state index in [0.29, 0.717) is 13.1 Å². The van der Waals surface area contributed by atoms with Gasteiger partial charge in [0.1, 0.15) is 0 Å². The van der Waals surface area contributed by atoms with E-state index in [-0.39, 0.29) is 11.3 Å². The highest BCUT2D eigenvalue weighted by Gasteiger charge is 2.19. The summed E-state index contributed by atoms with van der Waals surface area (Å²) in [5.74, 6) is 0.125. The largest absolute Gasteiger partial charge is 0.348 e. The molecule has 0 bridgehead atoms. The van der Waals surface area contributed by atoms with Crippen molar-refractivity contribution in [3.8, 4) is 0 Å². The zero-order valence-electron chi connectivity index (χ0n) is 10.0. The van der Waals surface area contributed by atoms with Gasteiger partial charge in [0, 0.05) is 20.6 Å². The lowest BCUT2D eigenvalue weighted by Gasteiger charge is -2.29. The Hall–Kier alpha value is -0.610. The number of amides is 1. The van der Waals surface area contributed by atoms with Gasteiger partial charge in [0.05, 0.1) is 6.54 Å². The second-order valence-corrected chi connectivity index (χ2v) is 4.83. The molecule has 0 aromatic rings. The van der Waals surface area contributed by atoms with Gasteiger partial charge >= 0.3 is 0 Å². The number of nitrogens with two attached hydrogens (primary N) is 1. The lowest BCUT2D eigenvalue weighted by Crippen LogP contribution is -2.41. The SMILES string of the molecule is CN(CC(=O)N(C)C)CC(C)(C)CN. The van der Waals surface area contributed by atoms with Crippen LogP contribution in [0, 0.1) is 5.41 Å². The summed E-state index contributed by atoms with van der Waals surface area (Å²) >= 11 is 0. The number of hydrogen-bond acceptors (Lipinski definition) is 3. The first-order chi connectivity index (χ1) is 6.28. The summed E-state index contributed by atoms with van der Waals surface area (Å²) < 4.78 is 0. The fraction of sp³-hybridized carbons (Fsp3) is 0.900. The first-order valence-electron chi connectivity index (χ1n) is 4.87. The maximum absolute atomic E-state index is 11.4. The molecule has 0 saturated heterocycles. The molecule has 0 fully saturated rings. The molecule has 4 heteroatoms. The highest BCUT2D eigenvalue weighted by Crippen LogP contribution is 2.13. The summed E-state index contributed by atoms with van der Waals surface area (Å²) in [5.41, 5.74) is 5.69. The van der Waals surface area contributed by atoms with Crippen molar-refractivity contribution < 1.29 is 4.79 Å². The Kier molecular flexibility index (Phi) is 5.08. The van der Waals surface area contributed by atoms with Gasteiger partial charge in [0.25, 0.3) is 0 Å². The normalized spacial score (nSPS) is 11.9. The summed E-state index contributed by atoms with van der Waals surface area (Å²) in [5, 5.41) is 0. The van der Waals surface area contributed by atoms with E-state index in [4.69, 9.17) is 5.73 Å². The van der Waals surface area contributed by atoms with Gasteiger partial charge < -0.3 is 10.6 Å². The second kappa shape index (κ2) is 5.32. The Bertz CT molecular complexity index is 190. The Morgan fingerprint density at radius 1 is 1.29 bits per heavy atom. The van der Waals surface area contributed by atoms with Crippen LogP contribution in [0.25, 0.3) is 0 Å². The van der Waals surface area contributed by atoms with Crippen LogP contribution < -0.4 is 5.73 Å². The Morgan fingerprint density at radius 3 is 2.14 bits per heavy atom. The Morgan fingerprint density at radius 2 is 1.79 bits per heavy atom. The molecule has 0 atom stereocenters. The smallest absolute Gasteiger partial charge is 0.236 e. The molecular formula is C10H23N3O. The van der Waals surface area contributed by atoms with Crippen molar-refractivity contribution in [2.75, 3.05) is 40.8 Å². The molecule has 2 N–H and O–H groups in total. The minimum Gasteiger partial charge on any atom is -0.348 e. The average Bonchev–Trinajstić information content (AvgIpc) is 2.02. The molecule has 0 aromatic carbocycles. The van der Waals surface area contributed by atoms with E-state index in [0.717, 1.165) is 6.54 Å². The predicted molar refractivity (Wildman–Crippen MR) is 59.0 cm³/mol. The predicted octanol–water partition coefficient (Wildman–Crippen LogP) is -0.00870. The number of nitrogens with zero attached hydrogens (tertiary/aromatic N) is 2. The zero-order chi connectivity index (χ0) is 11.4. The number of rotatable bonds is 5. The van der Waals surface area contributed by atoms with Gasteiger partial charge in [-0.15, -0.1) is 0 Å². The van der Waals surface area contributed by atoms with Crippen LogP contribution in [0.5, 0.6) is 0 Å². The minimum absolute atomic E-state index is 0.0708. The van der Waals surface area contributed by atoms with E-state index < -0.39 is 0 Å². The number of likely N-dealkylation sites (N-methyl/N-ethyl adjacent to an activating group) is 2. The molecule has 14 heavy (non-hydrogen) atoms. The third-order valence-electron chi connectivity index (χ3n) is 2.15. The quantitative estimate of drug-likeness (QED) is 0.680. The van der Waals surface area contributed by atoms with E-state index in [1.165, 1.54) is 0 Å². The van der Waals surface area contributed by atoms with Crippen molar-refractivity contribution in [2.24, 2.45) is 11.1 Å². The van der Waals surface area contributed by atoms with E-state index in [9.17, 15) is 4.79 Å². The molecule has 0 spiro atoms. The fourth-order valence-electron chi connectivity index (χ4n) is 1.22. The Labute approximate surface area is 87.0 Å². The van der Waals surface area contributed by atoms with Crippen molar-refractivity contribution in [3.63, 3.8) is 0 Å². The van der Waals surface area contributed by atoms with Crippen LogP contribution in [0.15, 0.2) is 0 Å². The van der Waals surface area contributed by atoms with Crippen molar-refractivity contribution in [2.45, 2.75) is 13.8 Å². The summed E-state index contributed by atoms with van der Waals surface area (Å²) in [4.78, 5) is 15.0. The molecule has 0 unspecified atom stereocenters. The van der Waals surface area contributed by atoms with Crippen LogP contribution in [0.3, 0.4) is 0 Å². The molecule has 4 nitrogen and oxygen atoms in total. The molecule has 84 valence electrons. The van der Waals surface area contributed by atoms with Crippen molar-refractivity contribution in [1.82, 2.24) is 9.80 Å². The first kappa shape index (κ1) is 13.4. The highest BCUT2D eigenvalue weighted by molar-refractivity contribution is 5.77. The number of carbonyl (C=O) groups excluding carboxylic acids is 1. The minimum atomic E-state index is 0.0708. The van der Waals surface area contributed by atoms with Gasteiger partial charge in [0.2, 0.25) is 5.91 Å². The highest BCUT2D eigenvalue weighted by atomic mass is 16.2. The summed E-state index contributed by atoms with van der Waals surface area (Å²) in [7, 11) is 5.48. The van der Waals surface area contributed by atoms with Crippen LogP contribution in [0.2, 0.25) is 0 Å². The molecule has 0 saturated carbocycles. The maximum atomic E-state index is 11.4. The monoisotopic (exact) mass is 201 g/mol. The van der Waals surface area contributed by atoms with Crippen LogP contribution in [0.1, 0.15) is 13.8 Å². The summed E-state index contributed by atoms with van der Waals surface area (Å²) in [6, 6.07) is 0. The first-order valence-corrected chi connectivity index (χ1v) is 4.87. The topological polar surface area (TPSA) is 49.6 Å². The van der Waals surface area contributed by atoms with Gasteiger partial charge in [-0.25, -0.2) is 0 Å². The lowest BCUT2D eigenvalue weighted by molar-refractivity contribution is -0.129. The van der Waals surface area contributed by atoms with Gasteiger partial charge in [-0.1, -0.05) is 13.8 Å². The maximum Gasteiger partial charge on any atom is 0.236 e. The van der Waals surface area contributed by atoms with E-state index in [2.05, 4.69) is 13.8 Å². The van der Waals surface area contributed by atoms with Gasteiger partial charge in [-0.3, -0.25) is 9.69 Å². The van der Waals surface area contributed by atoms with Crippen molar-refractivity contribution in [3.05, 3.63) is 0 Å². The van der Waals surface area contributed by atoms with Gasteiger partial charge in [-0.2, -0.15) is 0 Å². The van der Waals surface area contributed by atoms with Gasteiger partial charge in [0.15, 0.2) is 0 Å². The number of carbonyl (C=O) groups is 1. The number of hydrogen-bond donors (Lipinski definition) is 1. The van der Waals surface area contributed by atoms with E-state index in [1.807, 2.05) is 11.9 Å². The second-order valence-electron chi connectivity index (χ2n) is 4.83. The molecule has 0 rings (SSSR count). The molecule has 0 aliphatic rings. The van der Waals surface area contributed by atoms with Crippen molar-refractivity contribution >= 4 is 5.91 Å². The molecule has 0 radical (unpaired) electrons. The molecule has 0 aliphatic heterocycles. The average molecular weight is 201 g/mol. The molecule has 0 aromatic heterocycles. The van der Waals surface area contributed by atoms with Crippen LogP contribution in [-0.2, 0) is 4.79 Å². The lowest BCUT2D eigenvalue weighted by atomic mass is 9.93. The Balaban J connectivity index is 3.98. The summed E-state index contributed by atoms with van der Waals surface area (Å²) in [6.45, 7) is 6.13. The molecule has 0 aliphatic carbocycles. The summed E-state index contributed by atoms with van der Waals surface area (Å²) in [6.07, 6.45) is 0. The molecule has 0 heterocycles. The van der Waals surface area contributed by atoms with E-state index >= 15 is 0 Å². The third kappa shape index (κ3) is 5.19. The van der Waals surface area contributed by atoms with Crippen LogP contribution in [0.4, 0.5) is 0 Å². The fourth-order valence-corrected chi connectivity index (χ4v) is 1.22. The van der Waals surface area contributed by atoms with E-state index in [1.54, 1.807) is 19.0 Å². The standard InChI is InChI=1S/C10H23N3O/c1-10(2,7-11)8-13(5)6-9(14)12(3)4/h6-8,11H2,1-5H3.